The van der Waals surface area contributed by atoms with E-state index in [1.807, 2.05) is 0 Å². The molecule has 0 aliphatic carbocycles. The Morgan fingerprint density at radius 2 is 1.74 bits per heavy atom. The number of ether oxygens (including phenoxy) is 1. The maximum Gasteiger partial charge on any atom is 0.262 e. The highest BCUT2D eigenvalue weighted by Crippen LogP contribution is 2.26. The highest BCUT2D eigenvalue weighted by molar-refractivity contribution is 7.89. The number of Topliss-reactive ketones (excluding diaryl/α,β-unsaturated/α-hetero) is 1. The van der Waals surface area contributed by atoms with Crippen LogP contribution in [0.5, 0.6) is 5.75 Å². The number of carbonyl (C=O) groups is 2. The van der Waals surface area contributed by atoms with Crippen LogP contribution in [0.25, 0.3) is 0 Å². The van der Waals surface area contributed by atoms with Crippen LogP contribution in [0.15, 0.2) is 47.4 Å². The zero-order chi connectivity index (χ0) is 20.2. The Bertz CT molecular complexity index is 956. The standard InChI is InChI=1S/C18H19ClN2O5S/c1-12(22)13-4-7-15(8-5-13)26-11-18(23)20-14-6-9-16(19)17(10-14)27(24,25)21(2)3/h4-10H,11H2,1-3H3,(H,20,23). The van der Waals surface area contributed by atoms with Crippen molar-refractivity contribution in [3.05, 3.63) is 53.1 Å². The van der Waals surface area contributed by atoms with E-state index >= 15 is 0 Å². The second kappa shape index (κ2) is 8.51. The molecule has 1 N–H and O–H groups in total. The van der Waals surface area contributed by atoms with E-state index in [0.29, 0.717) is 11.3 Å². The summed E-state index contributed by atoms with van der Waals surface area (Å²) in [5.41, 5.74) is 0.822. The van der Waals surface area contributed by atoms with E-state index in [2.05, 4.69) is 5.32 Å². The normalized spacial score (nSPS) is 11.3. The van der Waals surface area contributed by atoms with Crippen molar-refractivity contribution in [3.8, 4) is 5.75 Å². The van der Waals surface area contributed by atoms with Crippen molar-refractivity contribution >= 4 is 39.0 Å². The summed E-state index contributed by atoms with van der Waals surface area (Å²) in [6, 6.07) is 10.6. The van der Waals surface area contributed by atoms with Crippen LogP contribution in [0, 0.1) is 0 Å². The lowest BCUT2D eigenvalue weighted by Gasteiger charge is -2.14. The van der Waals surface area contributed by atoms with Gasteiger partial charge in [-0.15, -0.1) is 0 Å². The summed E-state index contributed by atoms with van der Waals surface area (Å²) in [4.78, 5) is 23.2. The zero-order valence-electron chi connectivity index (χ0n) is 15.0. The molecule has 0 bridgehead atoms. The number of amides is 1. The summed E-state index contributed by atoms with van der Waals surface area (Å²) < 4.78 is 30.9. The number of anilines is 1. The van der Waals surface area contributed by atoms with Gasteiger partial charge in [-0.1, -0.05) is 11.6 Å². The van der Waals surface area contributed by atoms with Crippen LogP contribution < -0.4 is 10.1 Å². The summed E-state index contributed by atoms with van der Waals surface area (Å²) in [6.07, 6.45) is 0. The van der Waals surface area contributed by atoms with Crippen LogP contribution in [-0.2, 0) is 14.8 Å². The van der Waals surface area contributed by atoms with Gasteiger partial charge in [0, 0.05) is 25.3 Å². The van der Waals surface area contributed by atoms with Gasteiger partial charge in [0.15, 0.2) is 12.4 Å². The Kier molecular flexibility index (Phi) is 6.59. The second-order valence-electron chi connectivity index (χ2n) is 5.85. The van der Waals surface area contributed by atoms with Crippen LogP contribution in [0.2, 0.25) is 5.02 Å². The molecule has 0 fully saturated rings. The predicted octanol–water partition coefficient (Wildman–Crippen LogP) is 2.81. The van der Waals surface area contributed by atoms with Crippen molar-refractivity contribution in [1.82, 2.24) is 4.31 Å². The second-order valence-corrected chi connectivity index (χ2v) is 8.38. The van der Waals surface area contributed by atoms with E-state index in [9.17, 15) is 18.0 Å². The van der Waals surface area contributed by atoms with Gasteiger partial charge in [-0.3, -0.25) is 9.59 Å². The van der Waals surface area contributed by atoms with Crippen molar-refractivity contribution in [3.63, 3.8) is 0 Å². The molecule has 27 heavy (non-hydrogen) atoms. The molecule has 2 rings (SSSR count). The molecule has 0 saturated heterocycles. The molecule has 0 aromatic heterocycles. The topological polar surface area (TPSA) is 92.8 Å². The SMILES string of the molecule is CC(=O)c1ccc(OCC(=O)Nc2ccc(Cl)c(S(=O)(=O)N(C)C)c2)cc1. The average Bonchev–Trinajstić information content (AvgIpc) is 2.61. The zero-order valence-corrected chi connectivity index (χ0v) is 16.6. The first kappa shape index (κ1) is 20.9. The minimum Gasteiger partial charge on any atom is -0.484 e. The Morgan fingerprint density at radius 1 is 1.11 bits per heavy atom. The number of rotatable bonds is 7. The molecule has 2 aromatic carbocycles. The van der Waals surface area contributed by atoms with E-state index in [1.54, 1.807) is 24.3 Å². The molecule has 0 spiro atoms. The van der Waals surface area contributed by atoms with Gasteiger partial charge >= 0.3 is 0 Å². The lowest BCUT2D eigenvalue weighted by molar-refractivity contribution is -0.118. The van der Waals surface area contributed by atoms with Crippen molar-refractivity contribution in [2.45, 2.75) is 11.8 Å². The number of carbonyl (C=O) groups excluding carboxylic acids is 2. The lowest BCUT2D eigenvalue weighted by atomic mass is 10.1. The first-order chi connectivity index (χ1) is 12.6. The number of nitrogens with one attached hydrogen (secondary N) is 1. The average molecular weight is 411 g/mol. The van der Waals surface area contributed by atoms with Gasteiger partial charge in [0.25, 0.3) is 5.91 Å². The predicted molar refractivity (Wildman–Crippen MR) is 103 cm³/mol. The van der Waals surface area contributed by atoms with Crippen LogP contribution in [0.3, 0.4) is 0 Å². The minimum absolute atomic E-state index is 0.0588. The molecule has 0 heterocycles. The maximum absolute atomic E-state index is 12.3. The van der Waals surface area contributed by atoms with Crippen molar-refractivity contribution in [2.24, 2.45) is 0 Å². The van der Waals surface area contributed by atoms with Gasteiger partial charge in [-0.2, -0.15) is 0 Å². The molecule has 0 aliphatic rings. The molecular formula is C18H19ClN2O5S. The molecule has 9 heteroatoms. The van der Waals surface area contributed by atoms with E-state index in [0.717, 1.165) is 4.31 Å². The Balaban J connectivity index is 2.04. The molecule has 0 aliphatic heterocycles. The highest BCUT2D eigenvalue weighted by atomic mass is 35.5. The van der Waals surface area contributed by atoms with E-state index in [1.165, 1.54) is 39.2 Å². The molecule has 0 unspecified atom stereocenters. The fourth-order valence-corrected chi connectivity index (χ4v) is 3.50. The number of hydrogen-bond acceptors (Lipinski definition) is 5. The first-order valence-corrected chi connectivity index (χ1v) is 9.69. The molecule has 0 atom stereocenters. The number of hydrogen-bond donors (Lipinski definition) is 1. The third-order valence-corrected chi connectivity index (χ3v) is 5.90. The van der Waals surface area contributed by atoms with Crippen molar-refractivity contribution in [1.29, 1.82) is 0 Å². The van der Waals surface area contributed by atoms with E-state index < -0.39 is 15.9 Å². The Morgan fingerprint density at radius 3 is 2.30 bits per heavy atom. The number of ketones is 1. The largest absolute Gasteiger partial charge is 0.484 e. The summed E-state index contributed by atoms with van der Waals surface area (Å²) in [5.74, 6) is -0.103. The van der Waals surface area contributed by atoms with Crippen LogP contribution in [-0.4, -0.2) is 45.1 Å². The maximum atomic E-state index is 12.3. The number of sulfonamides is 1. The van der Waals surface area contributed by atoms with Gasteiger partial charge in [0.1, 0.15) is 10.6 Å². The van der Waals surface area contributed by atoms with Gasteiger partial charge in [-0.25, -0.2) is 12.7 Å². The molecule has 2 aromatic rings. The van der Waals surface area contributed by atoms with Crippen LogP contribution in [0.1, 0.15) is 17.3 Å². The third kappa shape index (κ3) is 5.29. The van der Waals surface area contributed by atoms with Crippen LogP contribution >= 0.6 is 11.6 Å². The smallest absolute Gasteiger partial charge is 0.262 e. The monoisotopic (exact) mass is 410 g/mol. The fraction of sp³-hybridized carbons (Fsp3) is 0.222. The molecular weight excluding hydrogens is 392 g/mol. The summed E-state index contributed by atoms with van der Waals surface area (Å²) in [6.45, 7) is 1.18. The number of benzene rings is 2. The van der Waals surface area contributed by atoms with E-state index in [-0.39, 0.29) is 28.0 Å². The van der Waals surface area contributed by atoms with E-state index in [4.69, 9.17) is 16.3 Å². The molecule has 1 amide bonds. The molecule has 0 saturated carbocycles. The Hall–Kier alpha value is -2.42. The first-order valence-electron chi connectivity index (χ1n) is 7.87. The minimum atomic E-state index is -3.74. The number of nitrogens with zero attached hydrogens (tertiary/aromatic N) is 1. The Labute approximate surface area is 162 Å². The molecule has 7 nitrogen and oxygen atoms in total. The summed E-state index contributed by atoms with van der Waals surface area (Å²) >= 11 is 5.97. The molecule has 144 valence electrons. The third-order valence-electron chi connectivity index (χ3n) is 3.60. The van der Waals surface area contributed by atoms with Gasteiger partial charge < -0.3 is 10.1 Å². The quantitative estimate of drug-likeness (QED) is 0.708. The van der Waals surface area contributed by atoms with Gasteiger partial charge in [0.05, 0.1) is 5.02 Å². The lowest BCUT2D eigenvalue weighted by Crippen LogP contribution is -2.23. The summed E-state index contributed by atoms with van der Waals surface area (Å²) in [7, 11) is -0.959. The van der Waals surface area contributed by atoms with Crippen molar-refractivity contribution in [2.75, 3.05) is 26.0 Å². The molecule has 0 radical (unpaired) electrons. The number of halogens is 1. The summed E-state index contributed by atoms with van der Waals surface area (Å²) in [5, 5.41) is 2.62. The van der Waals surface area contributed by atoms with Crippen LogP contribution in [0.4, 0.5) is 5.69 Å². The van der Waals surface area contributed by atoms with Gasteiger partial charge in [0.2, 0.25) is 10.0 Å². The highest BCUT2D eigenvalue weighted by Gasteiger charge is 2.21. The van der Waals surface area contributed by atoms with Gasteiger partial charge in [-0.05, 0) is 49.4 Å². The fourth-order valence-electron chi connectivity index (χ4n) is 2.11. The van der Waals surface area contributed by atoms with Crippen molar-refractivity contribution < 1.29 is 22.7 Å².